The molecule has 3 N–H and O–H groups in total. The van der Waals surface area contributed by atoms with Gasteiger partial charge in [-0.1, -0.05) is 13.3 Å². The summed E-state index contributed by atoms with van der Waals surface area (Å²) in [6.45, 7) is 5.92. The van der Waals surface area contributed by atoms with Gasteiger partial charge in [-0.05, 0) is 39.0 Å². The minimum absolute atomic E-state index is 0.00116. The number of nitrogens with two attached hydrogens (primary N) is 1. The maximum absolute atomic E-state index is 11.8. The number of nitrogens with one attached hydrogen (secondary N) is 1. The van der Waals surface area contributed by atoms with E-state index in [-0.39, 0.29) is 5.91 Å². The summed E-state index contributed by atoms with van der Waals surface area (Å²) in [4.78, 5) is 11.8. The molecule has 0 aliphatic heterocycles. The van der Waals surface area contributed by atoms with Crippen molar-refractivity contribution in [3.8, 4) is 0 Å². The number of amides is 1. The van der Waals surface area contributed by atoms with E-state index < -0.39 is 5.54 Å². The molecule has 0 radical (unpaired) electrons. The summed E-state index contributed by atoms with van der Waals surface area (Å²) in [5.41, 5.74) is 5.23. The van der Waals surface area contributed by atoms with Gasteiger partial charge in [-0.25, -0.2) is 0 Å². The predicted molar refractivity (Wildman–Crippen MR) is 57.8 cm³/mol. The molecular formula is C11H22N2O. The average molecular weight is 198 g/mol. The summed E-state index contributed by atoms with van der Waals surface area (Å²) >= 11 is 0. The Kier molecular flexibility index (Phi) is 3.53. The number of hydrogen-bond acceptors (Lipinski definition) is 2. The Hall–Kier alpha value is -0.570. The summed E-state index contributed by atoms with van der Waals surface area (Å²) in [6.07, 6.45) is 4.18. The zero-order valence-electron chi connectivity index (χ0n) is 9.47. The molecule has 1 fully saturated rings. The Morgan fingerprint density at radius 1 is 1.64 bits per heavy atom. The van der Waals surface area contributed by atoms with Gasteiger partial charge in [0.2, 0.25) is 5.91 Å². The van der Waals surface area contributed by atoms with Gasteiger partial charge in [0.1, 0.15) is 0 Å². The van der Waals surface area contributed by atoms with Gasteiger partial charge in [0, 0.05) is 6.04 Å². The van der Waals surface area contributed by atoms with E-state index in [9.17, 15) is 4.79 Å². The third-order valence-corrected chi connectivity index (χ3v) is 2.98. The van der Waals surface area contributed by atoms with Crippen molar-refractivity contribution in [2.75, 3.05) is 0 Å². The van der Waals surface area contributed by atoms with Gasteiger partial charge < -0.3 is 11.1 Å². The highest BCUT2D eigenvalue weighted by Gasteiger charge is 2.33. The van der Waals surface area contributed by atoms with Crippen LogP contribution in [0.3, 0.4) is 0 Å². The first-order valence-electron chi connectivity index (χ1n) is 5.57. The van der Waals surface area contributed by atoms with Crippen molar-refractivity contribution in [1.82, 2.24) is 5.32 Å². The Labute approximate surface area is 86.4 Å². The van der Waals surface area contributed by atoms with Gasteiger partial charge >= 0.3 is 0 Å². The highest BCUT2D eigenvalue weighted by molar-refractivity contribution is 5.85. The molecule has 1 saturated carbocycles. The minimum atomic E-state index is -0.697. The van der Waals surface area contributed by atoms with Crippen molar-refractivity contribution < 1.29 is 4.79 Å². The Bertz CT molecular complexity index is 209. The van der Waals surface area contributed by atoms with Gasteiger partial charge in [0.05, 0.1) is 5.54 Å². The van der Waals surface area contributed by atoms with Gasteiger partial charge in [-0.15, -0.1) is 0 Å². The third kappa shape index (κ3) is 2.98. The third-order valence-electron chi connectivity index (χ3n) is 2.98. The van der Waals surface area contributed by atoms with Crippen LogP contribution in [0.2, 0.25) is 0 Å². The molecule has 0 bridgehead atoms. The van der Waals surface area contributed by atoms with Crippen LogP contribution in [0.4, 0.5) is 0 Å². The van der Waals surface area contributed by atoms with Crippen LogP contribution in [-0.2, 0) is 4.79 Å². The van der Waals surface area contributed by atoms with E-state index in [4.69, 9.17) is 5.73 Å². The highest BCUT2D eigenvalue weighted by Crippen LogP contribution is 2.32. The van der Waals surface area contributed by atoms with E-state index in [1.807, 2.05) is 13.8 Å². The van der Waals surface area contributed by atoms with Crippen molar-refractivity contribution in [2.45, 2.75) is 58.0 Å². The van der Waals surface area contributed by atoms with Crippen molar-refractivity contribution in [3.63, 3.8) is 0 Å². The molecule has 0 aromatic heterocycles. The molecule has 82 valence electrons. The van der Waals surface area contributed by atoms with Crippen molar-refractivity contribution in [1.29, 1.82) is 0 Å². The Morgan fingerprint density at radius 3 is 2.64 bits per heavy atom. The molecule has 2 unspecified atom stereocenters. The minimum Gasteiger partial charge on any atom is -0.352 e. The van der Waals surface area contributed by atoms with Crippen LogP contribution in [0.1, 0.15) is 46.5 Å². The Morgan fingerprint density at radius 2 is 2.21 bits per heavy atom. The lowest BCUT2D eigenvalue weighted by Gasteiger charge is -2.25. The first-order chi connectivity index (χ1) is 6.47. The van der Waals surface area contributed by atoms with Gasteiger partial charge in [0.25, 0.3) is 0 Å². The molecule has 14 heavy (non-hydrogen) atoms. The number of carbonyl (C=O) groups excluding carboxylic acids is 1. The van der Waals surface area contributed by atoms with Crippen LogP contribution in [0.15, 0.2) is 0 Å². The lowest BCUT2D eigenvalue weighted by molar-refractivity contribution is -0.126. The zero-order chi connectivity index (χ0) is 10.8. The van der Waals surface area contributed by atoms with E-state index in [2.05, 4.69) is 12.2 Å². The van der Waals surface area contributed by atoms with Crippen LogP contribution in [0.5, 0.6) is 0 Å². The summed E-state index contributed by atoms with van der Waals surface area (Å²) in [7, 11) is 0. The molecule has 0 spiro atoms. The predicted octanol–water partition coefficient (Wildman–Crippen LogP) is 1.42. The standard InChI is InChI=1S/C11H22N2O/c1-4-7-11(3,12)10(14)13-8(2)9-5-6-9/h8-9H,4-7,12H2,1-3H3,(H,13,14). The lowest BCUT2D eigenvalue weighted by Crippen LogP contribution is -2.54. The van der Waals surface area contributed by atoms with Crippen LogP contribution in [0, 0.1) is 5.92 Å². The molecule has 3 heteroatoms. The maximum atomic E-state index is 11.8. The first kappa shape index (κ1) is 11.5. The lowest BCUT2D eigenvalue weighted by atomic mass is 9.96. The largest absolute Gasteiger partial charge is 0.352 e. The maximum Gasteiger partial charge on any atom is 0.240 e. The smallest absolute Gasteiger partial charge is 0.240 e. The molecule has 0 saturated heterocycles. The molecule has 1 aliphatic carbocycles. The second-order valence-electron chi connectivity index (χ2n) is 4.77. The molecule has 1 amide bonds. The molecule has 0 heterocycles. The quantitative estimate of drug-likeness (QED) is 0.702. The average Bonchev–Trinajstić information content (AvgIpc) is 2.85. The molecule has 0 aromatic rings. The van der Waals surface area contributed by atoms with E-state index in [1.54, 1.807) is 0 Å². The van der Waals surface area contributed by atoms with Crippen molar-refractivity contribution in [3.05, 3.63) is 0 Å². The van der Waals surface area contributed by atoms with Gasteiger partial charge in [0.15, 0.2) is 0 Å². The van der Waals surface area contributed by atoms with Crippen LogP contribution < -0.4 is 11.1 Å². The van der Waals surface area contributed by atoms with E-state index in [0.717, 1.165) is 12.8 Å². The summed E-state index contributed by atoms with van der Waals surface area (Å²) in [6, 6.07) is 0.294. The fourth-order valence-corrected chi connectivity index (χ4v) is 1.72. The first-order valence-corrected chi connectivity index (χ1v) is 5.57. The summed E-state index contributed by atoms with van der Waals surface area (Å²) < 4.78 is 0. The molecule has 0 aromatic carbocycles. The number of carbonyl (C=O) groups is 1. The van der Waals surface area contributed by atoms with Crippen LogP contribution in [0.25, 0.3) is 0 Å². The fourth-order valence-electron chi connectivity index (χ4n) is 1.72. The molecular weight excluding hydrogens is 176 g/mol. The number of rotatable bonds is 5. The van der Waals surface area contributed by atoms with E-state index in [1.165, 1.54) is 12.8 Å². The fraction of sp³-hybridized carbons (Fsp3) is 0.909. The zero-order valence-corrected chi connectivity index (χ0v) is 9.47. The summed E-state index contributed by atoms with van der Waals surface area (Å²) in [5.74, 6) is 0.690. The van der Waals surface area contributed by atoms with Crippen molar-refractivity contribution in [2.24, 2.45) is 11.7 Å². The second kappa shape index (κ2) is 4.30. The molecule has 2 atom stereocenters. The van der Waals surface area contributed by atoms with E-state index in [0.29, 0.717) is 12.0 Å². The SMILES string of the molecule is CCCC(C)(N)C(=O)NC(C)C1CC1. The Balaban J connectivity index is 2.38. The monoisotopic (exact) mass is 198 g/mol. The number of hydrogen-bond donors (Lipinski definition) is 2. The highest BCUT2D eigenvalue weighted by atomic mass is 16.2. The van der Waals surface area contributed by atoms with Crippen LogP contribution >= 0.6 is 0 Å². The molecule has 1 aliphatic rings. The van der Waals surface area contributed by atoms with Crippen LogP contribution in [-0.4, -0.2) is 17.5 Å². The van der Waals surface area contributed by atoms with Crippen molar-refractivity contribution >= 4 is 5.91 Å². The molecule has 3 nitrogen and oxygen atoms in total. The molecule has 1 rings (SSSR count). The second-order valence-corrected chi connectivity index (χ2v) is 4.77. The topological polar surface area (TPSA) is 55.1 Å². The van der Waals surface area contributed by atoms with Gasteiger partial charge in [-0.3, -0.25) is 4.79 Å². The van der Waals surface area contributed by atoms with Gasteiger partial charge in [-0.2, -0.15) is 0 Å². The summed E-state index contributed by atoms with van der Waals surface area (Å²) in [5, 5.41) is 3.00. The van der Waals surface area contributed by atoms with E-state index >= 15 is 0 Å². The normalized spacial score (nSPS) is 22.6.